The summed E-state index contributed by atoms with van der Waals surface area (Å²) in [4.78, 5) is 12.6. The average Bonchev–Trinajstić information content (AvgIpc) is 2.71. The summed E-state index contributed by atoms with van der Waals surface area (Å²) in [6.07, 6.45) is -3.82. The Bertz CT molecular complexity index is 1080. The molecule has 1 heterocycles. The van der Waals surface area contributed by atoms with Crippen LogP contribution in [0.5, 0.6) is 5.75 Å². The largest absolute Gasteiger partial charge is 0.573 e. The summed E-state index contributed by atoms with van der Waals surface area (Å²) in [5.74, 6) is -1.70. The highest BCUT2D eigenvalue weighted by molar-refractivity contribution is 7.88. The molecule has 32 heavy (non-hydrogen) atoms. The van der Waals surface area contributed by atoms with Crippen LogP contribution in [0.2, 0.25) is 10.0 Å². The zero-order valence-electron chi connectivity index (χ0n) is 16.5. The van der Waals surface area contributed by atoms with Crippen LogP contribution in [-0.2, 0) is 20.6 Å². The van der Waals surface area contributed by atoms with Crippen molar-refractivity contribution in [3.8, 4) is 5.75 Å². The number of piperidine rings is 1. The van der Waals surface area contributed by atoms with Gasteiger partial charge in [0.1, 0.15) is 5.75 Å². The molecular formula is C20H19Cl2F3N2O4S. The van der Waals surface area contributed by atoms with Crippen molar-refractivity contribution in [2.75, 3.05) is 18.4 Å². The third-order valence-electron chi connectivity index (χ3n) is 4.84. The summed E-state index contributed by atoms with van der Waals surface area (Å²) in [6, 6.07) is 9.30. The smallest absolute Gasteiger partial charge is 0.406 e. The van der Waals surface area contributed by atoms with Gasteiger partial charge in [-0.05, 0) is 54.8 Å². The Morgan fingerprint density at radius 1 is 1.12 bits per heavy atom. The number of carbonyl (C=O) groups excluding carboxylic acids is 1. The van der Waals surface area contributed by atoms with Crippen LogP contribution in [-0.4, -0.2) is 38.1 Å². The summed E-state index contributed by atoms with van der Waals surface area (Å²) in [7, 11) is -3.70. The molecule has 0 aliphatic carbocycles. The zero-order chi connectivity index (χ0) is 23.5. The maximum Gasteiger partial charge on any atom is 0.573 e. The van der Waals surface area contributed by atoms with Crippen LogP contribution in [0.4, 0.5) is 18.9 Å². The third kappa shape index (κ3) is 6.74. The molecule has 0 bridgehead atoms. The van der Waals surface area contributed by atoms with Crippen molar-refractivity contribution in [3.63, 3.8) is 0 Å². The number of benzene rings is 2. The highest BCUT2D eigenvalue weighted by Crippen LogP contribution is 2.27. The average molecular weight is 511 g/mol. The van der Waals surface area contributed by atoms with E-state index in [1.54, 1.807) is 6.07 Å². The first-order valence-corrected chi connectivity index (χ1v) is 11.9. The lowest BCUT2D eigenvalue weighted by Crippen LogP contribution is -2.44. The van der Waals surface area contributed by atoms with Crippen LogP contribution in [0, 0.1) is 5.92 Å². The summed E-state index contributed by atoms with van der Waals surface area (Å²) >= 11 is 11.8. The van der Waals surface area contributed by atoms with Gasteiger partial charge in [0.2, 0.25) is 15.9 Å². The molecule has 1 unspecified atom stereocenters. The number of ether oxygens (including phenoxy) is 1. The highest BCUT2D eigenvalue weighted by atomic mass is 35.5. The van der Waals surface area contributed by atoms with E-state index >= 15 is 0 Å². The number of carbonyl (C=O) groups is 1. The number of hydrogen-bond acceptors (Lipinski definition) is 4. The lowest BCUT2D eigenvalue weighted by Gasteiger charge is -2.31. The second-order valence-electron chi connectivity index (χ2n) is 7.26. The zero-order valence-corrected chi connectivity index (χ0v) is 18.9. The number of amides is 1. The standard InChI is InChI=1S/C20H19Cl2F3N2O4S/c21-17-8-3-13(10-18(17)22)12-32(29,30)27-9-1-2-14(11-27)19(28)26-15-4-6-16(7-5-15)31-20(23,24)25/h3-8,10,14H,1-2,9,11-12H2,(H,26,28). The van der Waals surface area contributed by atoms with Crippen LogP contribution in [0.15, 0.2) is 42.5 Å². The number of anilines is 1. The second-order valence-corrected chi connectivity index (χ2v) is 10.0. The molecule has 0 spiro atoms. The van der Waals surface area contributed by atoms with Crippen LogP contribution >= 0.6 is 23.2 Å². The van der Waals surface area contributed by atoms with Gasteiger partial charge in [0.15, 0.2) is 0 Å². The fourth-order valence-electron chi connectivity index (χ4n) is 3.32. The molecule has 0 radical (unpaired) electrons. The van der Waals surface area contributed by atoms with E-state index in [1.165, 1.54) is 28.6 Å². The second kappa shape index (κ2) is 9.86. The summed E-state index contributed by atoms with van der Waals surface area (Å²) in [5.41, 5.74) is 0.757. The van der Waals surface area contributed by atoms with Gasteiger partial charge in [-0.2, -0.15) is 0 Å². The topological polar surface area (TPSA) is 75.7 Å². The minimum Gasteiger partial charge on any atom is -0.406 e. The number of nitrogens with zero attached hydrogens (tertiary/aromatic N) is 1. The Hall–Kier alpha value is -2.01. The molecule has 12 heteroatoms. The van der Waals surface area contributed by atoms with Crippen molar-refractivity contribution in [1.82, 2.24) is 4.31 Å². The molecule has 174 valence electrons. The van der Waals surface area contributed by atoms with E-state index in [1.807, 2.05) is 0 Å². The van der Waals surface area contributed by atoms with Gasteiger partial charge < -0.3 is 10.1 Å². The van der Waals surface area contributed by atoms with Gasteiger partial charge in [0.05, 0.1) is 21.7 Å². The number of hydrogen-bond donors (Lipinski definition) is 1. The van der Waals surface area contributed by atoms with Crippen LogP contribution in [0.25, 0.3) is 0 Å². The minimum absolute atomic E-state index is 0.00472. The van der Waals surface area contributed by atoms with Crippen LogP contribution in [0.3, 0.4) is 0 Å². The van der Waals surface area contributed by atoms with Crippen molar-refractivity contribution in [2.45, 2.75) is 25.0 Å². The monoisotopic (exact) mass is 510 g/mol. The molecule has 1 amide bonds. The van der Waals surface area contributed by atoms with Crippen molar-refractivity contribution in [3.05, 3.63) is 58.1 Å². The third-order valence-corrected chi connectivity index (χ3v) is 7.39. The molecule has 1 aliphatic heterocycles. The summed E-state index contributed by atoms with van der Waals surface area (Å²) in [6.45, 7) is 0.293. The molecule has 1 N–H and O–H groups in total. The molecule has 0 aromatic heterocycles. The fourth-order valence-corrected chi connectivity index (χ4v) is 5.24. The van der Waals surface area contributed by atoms with Crippen molar-refractivity contribution >= 4 is 44.8 Å². The SMILES string of the molecule is O=C(Nc1ccc(OC(F)(F)F)cc1)C1CCCN(S(=O)(=O)Cc2ccc(Cl)c(Cl)c2)C1. The molecule has 2 aromatic carbocycles. The number of rotatable bonds is 6. The molecule has 1 fully saturated rings. The lowest BCUT2D eigenvalue weighted by molar-refractivity contribution is -0.274. The normalized spacial score (nSPS) is 17.7. The highest BCUT2D eigenvalue weighted by Gasteiger charge is 2.33. The van der Waals surface area contributed by atoms with Gasteiger partial charge in [0.25, 0.3) is 0 Å². The fraction of sp³-hybridized carbons (Fsp3) is 0.350. The Kier molecular flexibility index (Phi) is 7.59. The quantitative estimate of drug-likeness (QED) is 0.588. The number of alkyl halides is 3. The minimum atomic E-state index is -4.81. The summed E-state index contributed by atoms with van der Waals surface area (Å²) < 4.78 is 67.5. The van der Waals surface area contributed by atoms with Crippen molar-refractivity contribution in [2.24, 2.45) is 5.92 Å². The Balaban J connectivity index is 1.62. The number of nitrogens with one attached hydrogen (secondary N) is 1. The molecule has 3 rings (SSSR count). The predicted octanol–water partition coefficient (Wildman–Crippen LogP) is 5.07. The van der Waals surface area contributed by atoms with Crippen LogP contribution in [0.1, 0.15) is 18.4 Å². The van der Waals surface area contributed by atoms with E-state index in [2.05, 4.69) is 10.1 Å². The lowest BCUT2D eigenvalue weighted by atomic mass is 9.99. The maximum atomic E-state index is 12.8. The first kappa shape index (κ1) is 24.6. The van der Waals surface area contributed by atoms with Gasteiger partial charge in [-0.25, -0.2) is 12.7 Å². The molecule has 2 aromatic rings. The van der Waals surface area contributed by atoms with Gasteiger partial charge in [-0.3, -0.25) is 4.79 Å². The molecule has 1 saturated heterocycles. The van der Waals surface area contributed by atoms with Gasteiger partial charge in [-0.15, -0.1) is 13.2 Å². The maximum absolute atomic E-state index is 12.8. The Morgan fingerprint density at radius 2 is 1.81 bits per heavy atom. The predicted molar refractivity (Wildman–Crippen MR) is 115 cm³/mol. The van der Waals surface area contributed by atoms with Crippen LogP contribution < -0.4 is 10.1 Å². The van der Waals surface area contributed by atoms with E-state index < -0.39 is 34.0 Å². The Labute approximate surface area is 193 Å². The molecule has 1 aliphatic rings. The first-order chi connectivity index (χ1) is 14.9. The van der Waals surface area contributed by atoms with Gasteiger partial charge in [0, 0.05) is 18.8 Å². The molecular weight excluding hydrogens is 492 g/mol. The Morgan fingerprint density at radius 3 is 2.44 bits per heavy atom. The number of sulfonamides is 1. The van der Waals surface area contributed by atoms with E-state index in [9.17, 15) is 26.4 Å². The van der Waals surface area contributed by atoms with E-state index in [0.29, 0.717) is 23.4 Å². The molecule has 1 atom stereocenters. The van der Waals surface area contributed by atoms with Gasteiger partial charge in [-0.1, -0.05) is 29.3 Å². The van der Waals surface area contributed by atoms with Crippen molar-refractivity contribution in [1.29, 1.82) is 0 Å². The summed E-state index contributed by atoms with van der Waals surface area (Å²) in [5, 5.41) is 3.18. The van der Waals surface area contributed by atoms with E-state index in [4.69, 9.17) is 23.2 Å². The van der Waals surface area contributed by atoms with Crippen molar-refractivity contribution < 1.29 is 31.1 Å². The van der Waals surface area contributed by atoms with E-state index in [-0.39, 0.29) is 29.6 Å². The van der Waals surface area contributed by atoms with Gasteiger partial charge >= 0.3 is 6.36 Å². The molecule has 6 nitrogen and oxygen atoms in total. The molecule has 0 saturated carbocycles. The first-order valence-electron chi connectivity index (χ1n) is 9.51. The number of halogens is 5. The van der Waals surface area contributed by atoms with E-state index in [0.717, 1.165) is 12.1 Å².